The summed E-state index contributed by atoms with van der Waals surface area (Å²) in [5.74, 6) is 0. The van der Waals surface area contributed by atoms with Gasteiger partial charge in [0.15, 0.2) is 0 Å². The van der Waals surface area contributed by atoms with E-state index in [1.807, 2.05) is 31.3 Å². The van der Waals surface area contributed by atoms with Crippen molar-refractivity contribution in [2.24, 2.45) is 5.73 Å². The maximum Gasteiger partial charge on any atom is 0.0955 e. The molecule has 1 aromatic carbocycles. The van der Waals surface area contributed by atoms with Gasteiger partial charge in [0, 0.05) is 24.8 Å². The summed E-state index contributed by atoms with van der Waals surface area (Å²) < 4.78 is 5.10. The summed E-state index contributed by atoms with van der Waals surface area (Å²) in [6, 6.07) is 12.3. The van der Waals surface area contributed by atoms with Gasteiger partial charge in [0.05, 0.1) is 18.6 Å². The van der Waals surface area contributed by atoms with Gasteiger partial charge in [0.25, 0.3) is 0 Å². The zero-order chi connectivity index (χ0) is 11.4. The number of para-hydroxylation sites is 1. The summed E-state index contributed by atoms with van der Waals surface area (Å²) in [7, 11) is 2.04. The lowest BCUT2D eigenvalue weighted by molar-refractivity contribution is 0.556. The number of furan rings is 1. The summed E-state index contributed by atoms with van der Waals surface area (Å²) in [5, 5.41) is 0. The van der Waals surface area contributed by atoms with Crippen LogP contribution in [0.1, 0.15) is 11.6 Å². The Kier molecular flexibility index (Phi) is 3.27. The second-order valence-electron chi connectivity index (χ2n) is 3.75. The summed E-state index contributed by atoms with van der Waals surface area (Å²) in [6.45, 7) is 0.560. The molecule has 2 rings (SSSR count). The third kappa shape index (κ3) is 2.09. The third-order valence-electron chi connectivity index (χ3n) is 2.78. The van der Waals surface area contributed by atoms with Crippen LogP contribution in [0.15, 0.2) is 53.3 Å². The second kappa shape index (κ2) is 4.86. The topological polar surface area (TPSA) is 42.4 Å². The molecule has 2 N–H and O–H groups in total. The Morgan fingerprint density at radius 3 is 2.56 bits per heavy atom. The first kappa shape index (κ1) is 10.8. The molecule has 1 unspecified atom stereocenters. The SMILES string of the molecule is CN(c1ccccc1)C(CN)c1ccoc1. The molecule has 0 aliphatic heterocycles. The molecule has 0 saturated carbocycles. The van der Waals surface area contributed by atoms with Crippen molar-refractivity contribution in [3.05, 3.63) is 54.5 Å². The fraction of sp³-hybridized carbons (Fsp3) is 0.231. The van der Waals surface area contributed by atoms with Gasteiger partial charge >= 0.3 is 0 Å². The Morgan fingerprint density at radius 1 is 1.25 bits per heavy atom. The highest BCUT2D eigenvalue weighted by Crippen LogP contribution is 2.24. The molecule has 0 radical (unpaired) electrons. The van der Waals surface area contributed by atoms with Crippen molar-refractivity contribution in [1.29, 1.82) is 0 Å². The van der Waals surface area contributed by atoms with Crippen LogP contribution in [0.2, 0.25) is 0 Å². The average molecular weight is 216 g/mol. The highest BCUT2D eigenvalue weighted by Gasteiger charge is 2.16. The molecular formula is C13H16N2O. The molecule has 1 heterocycles. The Morgan fingerprint density at radius 2 is 2.00 bits per heavy atom. The Bertz CT molecular complexity index is 411. The van der Waals surface area contributed by atoms with Gasteiger partial charge < -0.3 is 15.1 Å². The van der Waals surface area contributed by atoms with Crippen molar-refractivity contribution in [3.8, 4) is 0 Å². The predicted molar refractivity (Wildman–Crippen MR) is 65.3 cm³/mol. The molecule has 3 heteroatoms. The molecule has 0 saturated heterocycles. The van der Waals surface area contributed by atoms with Gasteiger partial charge in [-0.1, -0.05) is 18.2 Å². The molecule has 0 bridgehead atoms. The van der Waals surface area contributed by atoms with Crippen molar-refractivity contribution in [2.75, 3.05) is 18.5 Å². The first-order valence-corrected chi connectivity index (χ1v) is 5.33. The van der Waals surface area contributed by atoms with E-state index in [1.54, 1.807) is 12.5 Å². The quantitative estimate of drug-likeness (QED) is 0.853. The van der Waals surface area contributed by atoms with Crippen LogP contribution in [0, 0.1) is 0 Å². The monoisotopic (exact) mass is 216 g/mol. The van der Waals surface area contributed by atoms with Crippen LogP contribution in [0.3, 0.4) is 0 Å². The molecule has 0 aliphatic rings. The van der Waals surface area contributed by atoms with Gasteiger partial charge in [-0.25, -0.2) is 0 Å². The number of benzene rings is 1. The standard InChI is InChI=1S/C13H16N2O/c1-15(12-5-3-2-4-6-12)13(9-14)11-7-8-16-10-11/h2-8,10,13H,9,14H2,1H3. The van der Waals surface area contributed by atoms with Crippen LogP contribution < -0.4 is 10.6 Å². The minimum atomic E-state index is 0.154. The smallest absolute Gasteiger partial charge is 0.0955 e. The highest BCUT2D eigenvalue weighted by molar-refractivity contribution is 5.47. The Balaban J connectivity index is 2.23. The summed E-state index contributed by atoms with van der Waals surface area (Å²) in [5.41, 5.74) is 8.08. The number of rotatable bonds is 4. The summed E-state index contributed by atoms with van der Waals surface area (Å²) in [4.78, 5) is 2.16. The van der Waals surface area contributed by atoms with Crippen molar-refractivity contribution in [1.82, 2.24) is 0 Å². The highest BCUT2D eigenvalue weighted by atomic mass is 16.3. The van der Waals surface area contributed by atoms with Crippen molar-refractivity contribution in [3.63, 3.8) is 0 Å². The molecule has 84 valence electrons. The van der Waals surface area contributed by atoms with Crippen molar-refractivity contribution < 1.29 is 4.42 Å². The summed E-state index contributed by atoms with van der Waals surface area (Å²) >= 11 is 0. The molecule has 0 fully saturated rings. The number of hydrogen-bond donors (Lipinski definition) is 1. The van der Waals surface area contributed by atoms with Crippen LogP contribution in [-0.2, 0) is 0 Å². The van der Waals surface area contributed by atoms with Crippen molar-refractivity contribution >= 4 is 5.69 Å². The van der Waals surface area contributed by atoms with Gasteiger partial charge in [0.2, 0.25) is 0 Å². The minimum Gasteiger partial charge on any atom is -0.472 e. The molecule has 0 amide bonds. The molecular weight excluding hydrogens is 200 g/mol. The lowest BCUT2D eigenvalue weighted by Gasteiger charge is -2.28. The normalized spacial score (nSPS) is 12.4. The van der Waals surface area contributed by atoms with Crippen LogP contribution >= 0.6 is 0 Å². The fourth-order valence-corrected chi connectivity index (χ4v) is 1.83. The van der Waals surface area contributed by atoms with E-state index in [4.69, 9.17) is 10.2 Å². The molecule has 1 aromatic heterocycles. The van der Waals surface area contributed by atoms with Gasteiger partial charge in [0.1, 0.15) is 0 Å². The van der Waals surface area contributed by atoms with Gasteiger partial charge in [-0.15, -0.1) is 0 Å². The van der Waals surface area contributed by atoms with E-state index in [9.17, 15) is 0 Å². The number of hydrogen-bond acceptors (Lipinski definition) is 3. The maximum atomic E-state index is 5.82. The van der Waals surface area contributed by atoms with E-state index in [-0.39, 0.29) is 6.04 Å². The van der Waals surface area contributed by atoms with E-state index in [0.717, 1.165) is 11.3 Å². The Hall–Kier alpha value is -1.74. The zero-order valence-electron chi connectivity index (χ0n) is 9.34. The molecule has 1 atom stereocenters. The third-order valence-corrected chi connectivity index (χ3v) is 2.78. The number of nitrogens with two attached hydrogens (primary N) is 1. The lowest BCUT2D eigenvalue weighted by Crippen LogP contribution is -2.30. The van der Waals surface area contributed by atoms with Crippen LogP contribution in [0.5, 0.6) is 0 Å². The van der Waals surface area contributed by atoms with Crippen LogP contribution in [0.25, 0.3) is 0 Å². The maximum absolute atomic E-state index is 5.82. The molecule has 0 aliphatic carbocycles. The van der Waals surface area contributed by atoms with E-state index < -0.39 is 0 Å². The number of nitrogens with zero attached hydrogens (tertiary/aromatic N) is 1. The lowest BCUT2D eigenvalue weighted by atomic mass is 10.1. The average Bonchev–Trinajstić information content (AvgIpc) is 2.85. The molecule has 2 aromatic rings. The van der Waals surface area contributed by atoms with E-state index >= 15 is 0 Å². The van der Waals surface area contributed by atoms with E-state index in [1.165, 1.54) is 0 Å². The first-order valence-electron chi connectivity index (χ1n) is 5.33. The Labute approximate surface area is 95.5 Å². The van der Waals surface area contributed by atoms with Gasteiger partial charge in [-0.2, -0.15) is 0 Å². The van der Waals surface area contributed by atoms with E-state index in [0.29, 0.717) is 6.54 Å². The predicted octanol–water partition coefficient (Wildman–Crippen LogP) is 2.42. The van der Waals surface area contributed by atoms with Crippen LogP contribution in [0.4, 0.5) is 5.69 Å². The van der Waals surface area contributed by atoms with Gasteiger partial charge in [-0.05, 0) is 18.2 Å². The molecule has 16 heavy (non-hydrogen) atoms. The second-order valence-corrected chi connectivity index (χ2v) is 3.75. The van der Waals surface area contributed by atoms with Crippen LogP contribution in [-0.4, -0.2) is 13.6 Å². The van der Waals surface area contributed by atoms with E-state index in [2.05, 4.69) is 17.0 Å². The number of likely N-dealkylation sites (N-methyl/N-ethyl adjacent to an activating group) is 1. The summed E-state index contributed by atoms with van der Waals surface area (Å²) in [6.07, 6.45) is 3.42. The van der Waals surface area contributed by atoms with Crippen molar-refractivity contribution in [2.45, 2.75) is 6.04 Å². The molecule has 3 nitrogen and oxygen atoms in total. The first-order chi connectivity index (χ1) is 7.83. The largest absolute Gasteiger partial charge is 0.472 e. The van der Waals surface area contributed by atoms with Gasteiger partial charge in [-0.3, -0.25) is 0 Å². The molecule has 0 spiro atoms. The zero-order valence-corrected chi connectivity index (χ0v) is 9.34. The number of anilines is 1. The minimum absolute atomic E-state index is 0.154. The fourth-order valence-electron chi connectivity index (χ4n) is 1.83.